The number of piperidine rings is 1. The van der Waals surface area contributed by atoms with Gasteiger partial charge in [0.25, 0.3) is 15.9 Å². The van der Waals surface area contributed by atoms with Gasteiger partial charge in [-0.3, -0.25) is 14.5 Å². The summed E-state index contributed by atoms with van der Waals surface area (Å²) < 4.78 is 49.2. The van der Waals surface area contributed by atoms with E-state index in [1.165, 1.54) is 24.4 Å². The highest BCUT2D eigenvalue weighted by molar-refractivity contribution is 7.92. The molecule has 0 bridgehead atoms. The van der Waals surface area contributed by atoms with Gasteiger partial charge in [-0.15, -0.1) is 0 Å². The molecule has 4 aromatic rings. The van der Waals surface area contributed by atoms with Crippen LogP contribution in [-0.2, 0) is 10.0 Å². The number of pyridine rings is 1. The summed E-state index contributed by atoms with van der Waals surface area (Å²) in [5, 5.41) is 1.10. The molecule has 0 aliphatic carbocycles. The minimum Gasteiger partial charge on any atom is -0.489 e. The standard InChI is InChI=1S/C25H21Cl2FN4O4S/c26-18-4-5-21(24-23(18)19(27)14-30-24)31-37(34,35)22-6-3-15(12-20(22)28)25(33)32-10-7-16(8-11-32)36-17-2-1-9-29-13-17/h1-6,9,12-14,16,30-31H,7-8,10-11H2. The van der Waals surface area contributed by atoms with Crippen molar-refractivity contribution in [3.8, 4) is 5.75 Å². The van der Waals surface area contributed by atoms with Gasteiger partial charge in [-0.1, -0.05) is 23.2 Å². The number of likely N-dealkylation sites (tertiary alicyclic amines) is 1. The molecular weight excluding hydrogens is 542 g/mol. The highest BCUT2D eigenvalue weighted by Crippen LogP contribution is 2.35. The zero-order chi connectivity index (χ0) is 26.2. The molecule has 0 radical (unpaired) electrons. The molecule has 1 amide bonds. The first-order valence-electron chi connectivity index (χ1n) is 11.4. The van der Waals surface area contributed by atoms with Gasteiger partial charge in [-0.25, -0.2) is 12.8 Å². The van der Waals surface area contributed by atoms with Crippen molar-refractivity contribution in [1.29, 1.82) is 0 Å². The quantitative estimate of drug-likeness (QED) is 0.323. The van der Waals surface area contributed by atoms with E-state index in [0.717, 1.165) is 12.1 Å². The van der Waals surface area contributed by atoms with Crippen LogP contribution in [-0.4, -0.2) is 48.4 Å². The zero-order valence-corrected chi connectivity index (χ0v) is 21.6. The molecule has 1 aliphatic rings. The van der Waals surface area contributed by atoms with Crippen molar-refractivity contribution >= 4 is 55.7 Å². The van der Waals surface area contributed by atoms with Crippen LogP contribution >= 0.6 is 23.2 Å². The van der Waals surface area contributed by atoms with E-state index < -0.39 is 20.7 Å². The van der Waals surface area contributed by atoms with Crippen LogP contribution in [0, 0.1) is 5.82 Å². The Hall–Kier alpha value is -3.34. The van der Waals surface area contributed by atoms with E-state index >= 15 is 0 Å². The maximum atomic E-state index is 15.0. The van der Waals surface area contributed by atoms with Crippen LogP contribution in [0.4, 0.5) is 10.1 Å². The molecule has 0 unspecified atom stereocenters. The van der Waals surface area contributed by atoms with Crippen molar-refractivity contribution in [1.82, 2.24) is 14.9 Å². The second-order valence-electron chi connectivity index (χ2n) is 8.53. The number of ether oxygens (including phenoxy) is 1. The van der Waals surface area contributed by atoms with Gasteiger partial charge in [-0.2, -0.15) is 0 Å². The Morgan fingerprint density at radius 3 is 2.62 bits per heavy atom. The number of carbonyl (C=O) groups excluding carboxylic acids is 1. The lowest BCUT2D eigenvalue weighted by Crippen LogP contribution is -2.41. The van der Waals surface area contributed by atoms with Gasteiger partial charge in [0.1, 0.15) is 22.6 Å². The maximum Gasteiger partial charge on any atom is 0.264 e. The molecule has 1 saturated heterocycles. The van der Waals surface area contributed by atoms with Crippen molar-refractivity contribution in [3.05, 3.63) is 82.5 Å². The lowest BCUT2D eigenvalue weighted by molar-refractivity contribution is 0.0594. The summed E-state index contributed by atoms with van der Waals surface area (Å²) in [6, 6.07) is 9.88. The zero-order valence-electron chi connectivity index (χ0n) is 19.2. The second-order valence-corrected chi connectivity index (χ2v) is 11.0. The van der Waals surface area contributed by atoms with Crippen molar-refractivity contribution in [2.45, 2.75) is 23.8 Å². The number of fused-ring (bicyclic) bond motifs is 1. The molecule has 0 atom stereocenters. The van der Waals surface area contributed by atoms with Crippen LogP contribution in [0.15, 0.2) is 66.0 Å². The topological polar surface area (TPSA) is 104 Å². The lowest BCUT2D eigenvalue weighted by atomic mass is 10.1. The summed E-state index contributed by atoms with van der Waals surface area (Å²) in [6.07, 6.45) is 5.93. The molecule has 1 aliphatic heterocycles. The summed E-state index contributed by atoms with van der Waals surface area (Å²) in [7, 11) is -4.32. The van der Waals surface area contributed by atoms with Gasteiger partial charge in [0.05, 0.1) is 27.4 Å². The summed E-state index contributed by atoms with van der Waals surface area (Å²) in [5.41, 5.74) is 0.583. The van der Waals surface area contributed by atoms with Crippen LogP contribution in [0.2, 0.25) is 10.0 Å². The van der Waals surface area contributed by atoms with Gasteiger partial charge in [0, 0.05) is 49.3 Å². The number of nitrogens with one attached hydrogen (secondary N) is 2. The average Bonchev–Trinajstić information content (AvgIpc) is 3.29. The number of nitrogens with zero attached hydrogens (tertiary/aromatic N) is 2. The van der Waals surface area contributed by atoms with Crippen LogP contribution in [0.1, 0.15) is 23.2 Å². The van der Waals surface area contributed by atoms with Crippen molar-refractivity contribution in [3.63, 3.8) is 0 Å². The van der Waals surface area contributed by atoms with E-state index in [1.807, 2.05) is 6.07 Å². The number of aromatic amines is 1. The molecule has 2 aromatic carbocycles. The summed E-state index contributed by atoms with van der Waals surface area (Å²) >= 11 is 12.3. The van der Waals surface area contributed by atoms with Gasteiger partial charge in [-0.05, 0) is 42.5 Å². The monoisotopic (exact) mass is 562 g/mol. The fourth-order valence-electron chi connectivity index (χ4n) is 4.27. The normalized spacial score (nSPS) is 14.6. The number of hydrogen-bond donors (Lipinski definition) is 2. The number of sulfonamides is 1. The molecule has 2 aromatic heterocycles. The van der Waals surface area contributed by atoms with E-state index in [9.17, 15) is 17.6 Å². The van der Waals surface area contributed by atoms with Crippen LogP contribution < -0.4 is 9.46 Å². The van der Waals surface area contributed by atoms with Gasteiger partial charge >= 0.3 is 0 Å². The molecule has 3 heterocycles. The van der Waals surface area contributed by atoms with E-state index in [0.29, 0.717) is 52.6 Å². The minimum atomic E-state index is -4.32. The third-order valence-electron chi connectivity index (χ3n) is 6.12. The molecule has 5 rings (SSSR count). The fraction of sp³-hybridized carbons (Fsp3) is 0.200. The highest BCUT2D eigenvalue weighted by Gasteiger charge is 2.27. The molecule has 12 heteroatoms. The van der Waals surface area contributed by atoms with Gasteiger partial charge in [0.2, 0.25) is 0 Å². The SMILES string of the molecule is O=C(c1ccc(S(=O)(=O)Nc2ccc(Cl)c3c(Cl)c[nH]c23)c(F)c1)N1CCC(Oc2cccnc2)CC1. The number of hydrogen-bond acceptors (Lipinski definition) is 5. The predicted octanol–water partition coefficient (Wildman–Crippen LogP) is 5.49. The number of H-pyrrole nitrogens is 1. The Labute approximate surface area is 222 Å². The molecule has 8 nitrogen and oxygen atoms in total. The number of rotatable bonds is 6. The minimum absolute atomic E-state index is 0.0579. The average molecular weight is 563 g/mol. The van der Waals surface area contributed by atoms with Crippen molar-refractivity contribution < 1.29 is 22.3 Å². The molecular formula is C25H21Cl2FN4O4S. The molecule has 37 heavy (non-hydrogen) atoms. The van der Waals surface area contributed by atoms with E-state index in [2.05, 4.69) is 14.7 Å². The van der Waals surface area contributed by atoms with Crippen LogP contribution in [0.3, 0.4) is 0 Å². The third kappa shape index (κ3) is 5.22. The van der Waals surface area contributed by atoms with Gasteiger partial charge in [0.15, 0.2) is 0 Å². The number of aromatic nitrogens is 2. The molecule has 1 fully saturated rings. The fourth-order valence-corrected chi connectivity index (χ4v) is 5.96. The third-order valence-corrected chi connectivity index (χ3v) is 8.13. The molecule has 0 saturated carbocycles. The molecule has 192 valence electrons. The predicted molar refractivity (Wildman–Crippen MR) is 139 cm³/mol. The van der Waals surface area contributed by atoms with Crippen LogP contribution in [0.5, 0.6) is 5.75 Å². The number of carbonyl (C=O) groups is 1. The van der Waals surface area contributed by atoms with E-state index in [4.69, 9.17) is 27.9 Å². The smallest absolute Gasteiger partial charge is 0.264 e. The first-order chi connectivity index (χ1) is 17.7. The number of halogens is 3. The Morgan fingerprint density at radius 2 is 1.92 bits per heavy atom. The lowest BCUT2D eigenvalue weighted by Gasteiger charge is -2.32. The number of amides is 1. The number of anilines is 1. The largest absolute Gasteiger partial charge is 0.489 e. The Kier molecular flexibility index (Phi) is 6.98. The van der Waals surface area contributed by atoms with Crippen LogP contribution in [0.25, 0.3) is 10.9 Å². The molecule has 2 N–H and O–H groups in total. The number of benzene rings is 2. The first-order valence-corrected chi connectivity index (χ1v) is 13.6. The maximum absolute atomic E-state index is 15.0. The summed E-state index contributed by atoms with van der Waals surface area (Å²) in [5.74, 6) is -0.752. The summed E-state index contributed by atoms with van der Waals surface area (Å²) in [6.45, 7) is 0.858. The Bertz CT molecular complexity index is 1570. The highest BCUT2D eigenvalue weighted by atomic mass is 35.5. The first kappa shape index (κ1) is 25.3. The van der Waals surface area contributed by atoms with Gasteiger partial charge < -0.3 is 14.6 Å². The van der Waals surface area contributed by atoms with E-state index in [-0.39, 0.29) is 23.3 Å². The Balaban J connectivity index is 1.28. The molecule has 0 spiro atoms. The second kappa shape index (κ2) is 10.2. The van der Waals surface area contributed by atoms with Crippen molar-refractivity contribution in [2.24, 2.45) is 0 Å². The summed E-state index contributed by atoms with van der Waals surface area (Å²) in [4.78, 5) is 20.9. The van der Waals surface area contributed by atoms with Crippen molar-refractivity contribution in [2.75, 3.05) is 17.8 Å². The Morgan fingerprint density at radius 1 is 1.14 bits per heavy atom. The van der Waals surface area contributed by atoms with E-state index in [1.54, 1.807) is 23.4 Å².